The van der Waals surface area contributed by atoms with Gasteiger partial charge in [0.2, 0.25) is 0 Å². The molecule has 0 amide bonds. The number of hydrogen-bond donors (Lipinski definition) is 1. The topological polar surface area (TPSA) is 74.7 Å². The number of alkyl halides is 3. The zero-order valence-electron chi connectivity index (χ0n) is 8.72. The molecule has 0 bridgehead atoms. The van der Waals surface area contributed by atoms with E-state index in [1.807, 2.05) is 0 Å². The summed E-state index contributed by atoms with van der Waals surface area (Å²) in [5.41, 5.74) is 0. The van der Waals surface area contributed by atoms with Crippen LogP contribution < -0.4 is 0 Å². The number of nitrogens with zero attached hydrogens (tertiary/aromatic N) is 1. The Labute approximate surface area is 105 Å². The molecule has 0 aliphatic heterocycles. The quantitative estimate of drug-likeness (QED) is 0.892. The molecular formula is C8H8F3NO4S2. The van der Waals surface area contributed by atoms with Crippen molar-refractivity contribution in [3.63, 3.8) is 0 Å². The molecule has 1 aromatic heterocycles. The summed E-state index contributed by atoms with van der Waals surface area (Å²) in [7, 11) is -4.43. The predicted octanol–water partition coefficient (Wildman–Crippen LogP) is 1.39. The summed E-state index contributed by atoms with van der Waals surface area (Å²) in [6.07, 6.45) is -4.81. The third-order valence-corrected chi connectivity index (χ3v) is 4.92. The van der Waals surface area contributed by atoms with Gasteiger partial charge in [0.1, 0.15) is 17.3 Å². The van der Waals surface area contributed by atoms with Crippen molar-refractivity contribution in [2.45, 2.75) is 10.4 Å². The molecule has 10 heteroatoms. The van der Waals surface area contributed by atoms with Crippen LogP contribution in [-0.4, -0.2) is 43.1 Å². The van der Waals surface area contributed by atoms with Crippen molar-refractivity contribution < 1.29 is 31.5 Å². The first kappa shape index (κ1) is 14.9. The second-order valence-electron chi connectivity index (χ2n) is 3.21. The van der Waals surface area contributed by atoms with E-state index >= 15 is 0 Å². The summed E-state index contributed by atoms with van der Waals surface area (Å²) in [6, 6.07) is 2.47. The van der Waals surface area contributed by atoms with Crippen LogP contribution in [0.25, 0.3) is 0 Å². The van der Waals surface area contributed by atoms with Crippen molar-refractivity contribution >= 4 is 27.3 Å². The summed E-state index contributed by atoms with van der Waals surface area (Å²) in [5.74, 6) is -1.65. The van der Waals surface area contributed by atoms with E-state index in [2.05, 4.69) is 0 Å². The second-order valence-corrected chi connectivity index (χ2v) is 6.33. The lowest BCUT2D eigenvalue weighted by Gasteiger charge is -2.20. The first-order valence-electron chi connectivity index (χ1n) is 4.45. The summed E-state index contributed by atoms with van der Waals surface area (Å²) >= 11 is 0.721. The van der Waals surface area contributed by atoms with E-state index in [4.69, 9.17) is 5.11 Å². The lowest BCUT2D eigenvalue weighted by atomic mass is 10.5. The molecule has 102 valence electrons. The number of rotatable bonds is 5. The maximum atomic E-state index is 12.2. The van der Waals surface area contributed by atoms with Gasteiger partial charge in [-0.3, -0.25) is 4.79 Å². The van der Waals surface area contributed by atoms with Crippen LogP contribution in [0.15, 0.2) is 21.7 Å². The first-order chi connectivity index (χ1) is 8.13. The van der Waals surface area contributed by atoms with Crippen molar-refractivity contribution in [3.05, 3.63) is 17.5 Å². The van der Waals surface area contributed by atoms with Crippen LogP contribution >= 0.6 is 11.3 Å². The lowest BCUT2D eigenvalue weighted by Crippen LogP contribution is -2.41. The second kappa shape index (κ2) is 5.24. The molecule has 5 nitrogen and oxygen atoms in total. The van der Waals surface area contributed by atoms with Crippen molar-refractivity contribution in [2.75, 3.05) is 13.1 Å². The fourth-order valence-corrected chi connectivity index (χ4v) is 3.63. The van der Waals surface area contributed by atoms with Gasteiger partial charge >= 0.3 is 12.1 Å². The Bertz CT molecular complexity index is 509. The van der Waals surface area contributed by atoms with E-state index in [1.54, 1.807) is 0 Å². The Balaban J connectivity index is 3.07. The molecule has 0 saturated heterocycles. The monoisotopic (exact) mass is 303 g/mol. The lowest BCUT2D eigenvalue weighted by molar-refractivity contribution is -0.145. The van der Waals surface area contributed by atoms with Crippen LogP contribution in [0.2, 0.25) is 0 Å². The van der Waals surface area contributed by atoms with Crippen LogP contribution in [-0.2, 0) is 14.8 Å². The van der Waals surface area contributed by atoms with E-state index in [1.165, 1.54) is 11.4 Å². The zero-order valence-corrected chi connectivity index (χ0v) is 10.3. The Morgan fingerprint density at radius 3 is 2.44 bits per heavy atom. The minimum absolute atomic E-state index is 0.110. The van der Waals surface area contributed by atoms with Gasteiger partial charge in [-0.1, -0.05) is 6.07 Å². The van der Waals surface area contributed by atoms with E-state index in [-0.39, 0.29) is 8.51 Å². The number of thiophene rings is 1. The van der Waals surface area contributed by atoms with Gasteiger partial charge in [0.05, 0.1) is 0 Å². The van der Waals surface area contributed by atoms with Gasteiger partial charge in [0, 0.05) is 0 Å². The van der Waals surface area contributed by atoms with Crippen molar-refractivity contribution in [2.24, 2.45) is 0 Å². The molecule has 0 aliphatic carbocycles. The molecule has 0 unspecified atom stereocenters. The van der Waals surface area contributed by atoms with Crippen LogP contribution in [0.1, 0.15) is 0 Å². The molecular weight excluding hydrogens is 295 g/mol. The van der Waals surface area contributed by atoms with Gasteiger partial charge in [0.25, 0.3) is 10.0 Å². The van der Waals surface area contributed by atoms with Crippen LogP contribution in [0, 0.1) is 0 Å². The van der Waals surface area contributed by atoms with E-state index in [9.17, 15) is 26.4 Å². The molecule has 1 rings (SSSR count). The number of aliphatic carboxylic acids is 1. The van der Waals surface area contributed by atoms with E-state index in [0.717, 1.165) is 17.4 Å². The number of halogens is 3. The van der Waals surface area contributed by atoms with Crippen molar-refractivity contribution in [3.8, 4) is 0 Å². The number of carbonyl (C=O) groups is 1. The molecule has 1 aromatic rings. The van der Waals surface area contributed by atoms with Crippen LogP contribution in [0.4, 0.5) is 13.2 Å². The van der Waals surface area contributed by atoms with E-state index in [0.29, 0.717) is 0 Å². The van der Waals surface area contributed by atoms with Crippen molar-refractivity contribution in [1.82, 2.24) is 4.31 Å². The molecule has 0 aliphatic rings. The van der Waals surface area contributed by atoms with Gasteiger partial charge in [-0.2, -0.15) is 17.5 Å². The molecule has 0 fully saturated rings. The SMILES string of the molecule is O=C(O)CN(CC(F)(F)F)S(=O)(=O)c1cccs1. The minimum atomic E-state index is -4.81. The summed E-state index contributed by atoms with van der Waals surface area (Å²) in [4.78, 5) is 10.4. The van der Waals surface area contributed by atoms with Gasteiger partial charge in [-0.25, -0.2) is 8.42 Å². The largest absolute Gasteiger partial charge is 0.480 e. The zero-order chi connectivity index (χ0) is 14.0. The third kappa shape index (κ3) is 3.96. The molecule has 0 aromatic carbocycles. The van der Waals surface area contributed by atoms with Gasteiger partial charge in [0.15, 0.2) is 0 Å². The Morgan fingerprint density at radius 1 is 1.44 bits per heavy atom. The average molecular weight is 303 g/mol. The molecule has 0 saturated carbocycles. The standard InChI is InChI=1S/C8H8F3NO4S2/c9-8(10,11)5-12(4-6(13)14)18(15,16)7-2-1-3-17-7/h1-3H,4-5H2,(H,13,14). The third-order valence-electron chi connectivity index (χ3n) is 1.76. The smallest absolute Gasteiger partial charge is 0.402 e. The number of hydrogen-bond acceptors (Lipinski definition) is 4. The molecule has 1 N–H and O–H groups in total. The van der Waals surface area contributed by atoms with Gasteiger partial charge in [-0.15, -0.1) is 11.3 Å². The Morgan fingerprint density at radius 2 is 2.06 bits per heavy atom. The van der Waals surface area contributed by atoms with Crippen LogP contribution in [0.5, 0.6) is 0 Å². The predicted molar refractivity (Wildman–Crippen MR) is 56.8 cm³/mol. The molecule has 1 heterocycles. The summed E-state index contributed by atoms with van der Waals surface area (Å²) < 4.78 is 59.8. The number of sulfonamides is 1. The van der Waals surface area contributed by atoms with E-state index < -0.39 is 35.3 Å². The minimum Gasteiger partial charge on any atom is -0.480 e. The highest BCUT2D eigenvalue weighted by Crippen LogP contribution is 2.25. The molecule has 0 spiro atoms. The Kier molecular flexibility index (Phi) is 4.35. The van der Waals surface area contributed by atoms with Gasteiger partial charge in [-0.05, 0) is 11.4 Å². The number of carboxylic acid groups (broad SMARTS) is 1. The fraction of sp³-hybridized carbons (Fsp3) is 0.375. The van der Waals surface area contributed by atoms with Gasteiger partial charge < -0.3 is 5.11 Å². The van der Waals surface area contributed by atoms with Crippen molar-refractivity contribution in [1.29, 1.82) is 0 Å². The van der Waals surface area contributed by atoms with Crippen LogP contribution in [0.3, 0.4) is 0 Å². The fourth-order valence-electron chi connectivity index (χ4n) is 1.11. The average Bonchev–Trinajstić information content (AvgIpc) is 2.66. The number of carboxylic acids is 1. The maximum Gasteiger partial charge on any atom is 0.402 e. The summed E-state index contributed by atoms with van der Waals surface area (Å²) in [5, 5.41) is 9.85. The maximum absolute atomic E-state index is 12.2. The highest BCUT2D eigenvalue weighted by Gasteiger charge is 2.38. The first-order valence-corrected chi connectivity index (χ1v) is 6.77. The molecule has 0 atom stereocenters. The highest BCUT2D eigenvalue weighted by atomic mass is 32.2. The Hall–Kier alpha value is -1.13. The normalized spacial score (nSPS) is 12.9. The molecule has 0 radical (unpaired) electrons. The summed E-state index contributed by atoms with van der Waals surface area (Å²) in [6.45, 7) is -3.07. The highest BCUT2D eigenvalue weighted by molar-refractivity contribution is 7.91. The molecule has 18 heavy (non-hydrogen) atoms.